The van der Waals surface area contributed by atoms with E-state index in [-0.39, 0.29) is 6.23 Å². The second kappa shape index (κ2) is 9.06. The number of fused-ring (bicyclic) bond motifs is 1. The van der Waals surface area contributed by atoms with Crippen LogP contribution in [-0.4, -0.2) is 53.1 Å². The summed E-state index contributed by atoms with van der Waals surface area (Å²) >= 11 is 0. The minimum absolute atomic E-state index is 0.364. The molecular weight excluding hydrogens is 374 g/mol. The Morgan fingerprint density at radius 3 is 2.89 bits per heavy atom. The number of carbonyl (C=O) groups is 1. The molecule has 0 radical (unpaired) electrons. The number of ether oxygens (including phenoxy) is 2. The van der Waals surface area contributed by atoms with Crippen LogP contribution in [0, 0.1) is 0 Å². The van der Waals surface area contributed by atoms with E-state index in [0.29, 0.717) is 19.9 Å². The van der Waals surface area contributed by atoms with Gasteiger partial charge in [-0.2, -0.15) is 0 Å². The van der Waals surface area contributed by atoms with Gasteiger partial charge in [0.1, 0.15) is 13.0 Å². The van der Waals surface area contributed by atoms with Crippen LogP contribution in [0.2, 0.25) is 25.7 Å². The van der Waals surface area contributed by atoms with E-state index < -0.39 is 14.2 Å². The number of piperidine rings is 1. The van der Waals surface area contributed by atoms with Crippen molar-refractivity contribution in [2.24, 2.45) is 0 Å². The second-order valence-electron chi connectivity index (χ2n) is 8.62. The number of carboxylic acid groups (broad SMARTS) is 1. The fraction of sp³-hybridized carbons (Fsp3) is 0.600. The number of aromatic nitrogens is 2. The van der Waals surface area contributed by atoms with Crippen molar-refractivity contribution in [2.45, 2.75) is 64.5 Å². The molecule has 0 saturated carbocycles. The topological polar surface area (TPSA) is 76.8 Å². The Labute approximate surface area is 167 Å². The van der Waals surface area contributed by atoms with Crippen LogP contribution in [0.25, 0.3) is 11.0 Å². The van der Waals surface area contributed by atoms with Crippen LogP contribution in [0.1, 0.15) is 24.8 Å². The van der Waals surface area contributed by atoms with Gasteiger partial charge in [-0.3, -0.25) is 4.90 Å². The highest BCUT2D eigenvalue weighted by molar-refractivity contribution is 6.76. The Morgan fingerprint density at radius 1 is 1.32 bits per heavy atom. The summed E-state index contributed by atoms with van der Waals surface area (Å²) < 4.78 is 13.8. The van der Waals surface area contributed by atoms with Crippen molar-refractivity contribution in [1.29, 1.82) is 0 Å². The zero-order valence-electron chi connectivity index (χ0n) is 17.1. The summed E-state index contributed by atoms with van der Waals surface area (Å²) in [5.74, 6) is 0. The van der Waals surface area contributed by atoms with E-state index in [1.54, 1.807) is 6.33 Å². The maximum absolute atomic E-state index is 11.4. The first-order valence-electron chi connectivity index (χ1n) is 9.96. The van der Waals surface area contributed by atoms with Gasteiger partial charge in [-0.15, -0.1) is 0 Å². The van der Waals surface area contributed by atoms with E-state index in [0.717, 1.165) is 48.5 Å². The zero-order valence-corrected chi connectivity index (χ0v) is 18.1. The number of rotatable bonds is 8. The lowest BCUT2D eigenvalue weighted by Crippen LogP contribution is -2.44. The van der Waals surface area contributed by atoms with Crippen LogP contribution >= 0.6 is 0 Å². The number of likely N-dealkylation sites (tertiary alicyclic amines) is 1. The van der Waals surface area contributed by atoms with Crippen molar-refractivity contribution in [3.05, 3.63) is 30.1 Å². The van der Waals surface area contributed by atoms with Crippen molar-refractivity contribution in [3.8, 4) is 0 Å². The molecule has 28 heavy (non-hydrogen) atoms. The van der Waals surface area contributed by atoms with Gasteiger partial charge in [0.05, 0.1) is 24.0 Å². The summed E-state index contributed by atoms with van der Waals surface area (Å²) in [6.07, 6.45) is 3.17. The van der Waals surface area contributed by atoms with E-state index in [4.69, 9.17) is 9.47 Å². The Kier molecular flexibility index (Phi) is 6.74. The van der Waals surface area contributed by atoms with Crippen LogP contribution in [-0.2, 0) is 22.8 Å². The van der Waals surface area contributed by atoms with Crippen LogP contribution < -0.4 is 0 Å². The molecule has 1 aromatic heterocycles. The molecule has 1 aliphatic heterocycles. The molecule has 0 bridgehead atoms. The maximum Gasteiger partial charge on any atom is 0.409 e. The lowest BCUT2D eigenvalue weighted by atomic mass is 10.1. The number of hydrogen-bond donors (Lipinski definition) is 1. The molecule has 1 aromatic carbocycles. The highest BCUT2D eigenvalue weighted by atomic mass is 28.3. The van der Waals surface area contributed by atoms with Crippen molar-refractivity contribution in [3.63, 3.8) is 0 Å². The van der Waals surface area contributed by atoms with Crippen LogP contribution in [0.4, 0.5) is 4.79 Å². The summed E-state index contributed by atoms with van der Waals surface area (Å²) in [7, 11) is -1.10. The summed E-state index contributed by atoms with van der Waals surface area (Å²) in [5, 5.41) is 9.33. The van der Waals surface area contributed by atoms with Gasteiger partial charge in [0, 0.05) is 21.2 Å². The molecule has 1 saturated heterocycles. The van der Waals surface area contributed by atoms with Gasteiger partial charge in [-0.1, -0.05) is 25.7 Å². The standard InChI is InChI=1S/C20H31N3O4Si/c1-28(2,3)11-10-26-15-22-14-21-17-8-7-16(12-18(17)22)13-27-19-6-4-5-9-23(19)20(24)25/h7-8,12,14,19H,4-6,9-11,13,15H2,1-3H3,(H,24,25). The van der Waals surface area contributed by atoms with Gasteiger partial charge in [0.15, 0.2) is 0 Å². The number of hydrogen-bond acceptors (Lipinski definition) is 4. The summed E-state index contributed by atoms with van der Waals surface area (Å²) in [5.41, 5.74) is 2.93. The molecule has 2 heterocycles. The van der Waals surface area contributed by atoms with E-state index in [1.807, 2.05) is 16.7 Å². The molecule has 0 spiro atoms. The molecular formula is C20H31N3O4Si. The van der Waals surface area contributed by atoms with Gasteiger partial charge < -0.3 is 19.1 Å². The Morgan fingerprint density at radius 2 is 2.14 bits per heavy atom. The third-order valence-corrected chi connectivity index (χ3v) is 6.75. The quantitative estimate of drug-likeness (QED) is 0.522. The number of imidazole rings is 1. The normalized spacial score (nSPS) is 18.0. The van der Waals surface area contributed by atoms with Gasteiger partial charge in [0.25, 0.3) is 0 Å². The van der Waals surface area contributed by atoms with Gasteiger partial charge >= 0.3 is 6.09 Å². The molecule has 1 atom stereocenters. The Balaban J connectivity index is 1.60. The van der Waals surface area contributed by atoms with E-state index in [9.17, 15) is 9.90 Å². The second-order valence-corrected chi connectivity index (χ2v) is 14.2. The first-order valence-corrected chi connectivity index (χ1v) is 13.7. The fourth-order valence-electron chi connectivity index (χ4n) is 3.32. The van der Waals surface area contributed by atoms with Crippen molar-refractivity contribution in [2.75, 3.05) is 13.2 Å². The van der Waals surface area contributed by atoms with E-state index in [1.165, 1.54) is 4.90 Å². The molecule has 2 aromatic rings. The molecule has 1 unspecified atom stereocenters. The molecule has 8 heteroatoms. The van der Waals surface area contributed by atoms with Crippen LogP contribution in [0.5, 0.6) is 0 Å². The highest BCUT2D eigenvalue weighted by Crippen LogP contribution is 2.21. The molecule has 3 rings (SSSR count). The molecule has 1 aliphatic rings. The molecule has 154 valence electrons. The van der Waals surface area contributed by atoms with Gasteiger partial charge in [-0.25, -0.2) is 9.78 Å². The maximum atomic E-state index is 11.4. The fourth-order valence-corrected chi connectivity index (χ4v) is 4.08. The van der Waals surface area contributed by atoms with E-state index >= 15 is 0 Å². The average Bonchev–Trinajstić information content (AvgIpc) is 3.05. The predicted octanol–water partition coefficient (Wildman–Crippen LogP) is 4.36. The van der Waals surface area contributed by atoms with Gasteiger partial charge in [0.2, 0.25) is 0 Å². The predicted molar refractivity (Wildman–Crippen MR) is 111 cm³/mol. The Bertz CT molecular complexity index is 802. The summed E-state index contributed by atoms with van der Waals surface area (Å²) in [4.78, 5) is 17.2. The number of amides is 1. The molecule has 1 amide bonds. The van der Waals surface area contributed by atoms with Crippen LogP contribution in [0.15, 0.2) is 24.5 Å². The third kappa shape index (κ3) is 5.56. The number of benzene rings is 1. The SMILES string of the molecule is C[Si](C)(C)CCOCn1cnc2ccc(COC3CCCCN3C(=O)O)cc21. The summed E-state index contributed by atoms with van der Waals surface area (Å²) in [6, 6.07) is 7.15. The Hall–Kier alpha value is -1.90. The molecule has 1 N–H and O–H groups in total. The molecule has 7 nitrogen and oxygen atoms in total. The lowest BCUT2D eigenvalue weighted by Gasteiger charge is -2.33. The largest absolute Gasteiger partial charge is 0.465 e. The number of nitrogens with zero attached hydrogens (tertiary/aromatic N) is 3. The first-order chi connectivity index (χ1) is 13.3. The molecule has 1 fully saturated rings. The van der Waals surface area contributed by atoms with Crippen molar-refractivity contribution < 1.29 is 19.4 Å². The summed E-state index contributed by atoms with van der Waals surface area (Å²) in [6.45, 7) is 9.20. The highest BCUT2D eigenvalue weighted by Gasteiger charge is 2.26. The van der Waals surface area contributed by atoms with Crippen molar-refractivity contribution >= 4 is 25.2 Å². The minimum Gasteiger partial charge on any atom is -0.465 e. The smallest absolute Gasteiger partial charge is 0.409 e. The molecule has 0 aliphatic carbocycles. The van der Waals surface area contributed by atoms with Gasteiger partial charge in [-0.05, 0) is 43.0 Å². The monoisotopic (exact) mass is 405 g/mol. The zero-order chi connectivity index (χ0) is 20.1. The third-order valence-electron chi connectivity index (χ3n) is 5.05. The van der Waals surface area contributed by atoms with E-state index in [2.05, 4.69) is 30.7 Å². The average molecular weight is 406 g/mol. The first kappa shape index (κ1) is 20.8. The minimum atomic E-state index is -1.10. The van der Waals surface area contributed by atoms with Crippen LogP contribution in [0.3, 0.4) is 0 Å². The van der Waals surface area contributed by atoms with Crippen molar-refractivity contribution in [1.82, 2.24) is 14.5 Å². The lowest BCUT2D eigenvalue weighted by molar-refractivity contribution is -0.0745.